The van der Waals surface area contributed by atoms with Gasteiger partial charge in [-0.2, -0.15) is 23.3 Å². The maximum Gasteiger partial charge on any atom is 0.437 e. The summed E-state index contributed by atoms with van der Waals surface area (Å²) < 4.78 is 38.1. The summed E-state index contributed by atoms with van der Waals surface area (Å²) in [5.74, 6) is -0.601. The van der Waals surface area contributed by atoms with E-state index >= 15 is 0 Å². The Morgan fingerprint density at radius 3 is 2.54 bits per heavy atom. The van der Waals surface area contributed by atoms with Crippen LogP contribution in [0.15, 0.2) is 64.9 Å². The Hall–Kier alpha value is -3.69. The number of carbonyl (C=O) groups is 2. The highest BCUT2D eigenvalue weighted by molar-refractivity contribution is 6.71. The first-order chi connectivity index (χ1) is 13.3. The molecule has 1 heterocycles. The van der Waals surface area contributed by atoms with Gasteiger partial charge in [0.15, 0.2) is 5.71 Å². The Labute approximate surface area is 157 Å². The molecule has 0 bridgehead atoms. The molecule has 10 heteroatoms. The van der Waals surface area contributed by atoms with E-state index in [1.54, 1.807) is 30.3 Å². The van der Waals surface area contributed by atoms with Crippen molar-refractivity contribution in [3.63, 3.8) is 0 Å². The molecule has 0 aliphatic carbocycles. The number of benzene rings is 2. The fourth-order valence-corrected chi connectivity index (χ4v) is 2.35. The van der Waals surface area contributed by atoms with E-state index < -0.39 is 23.7 Å². The largest absolute Gasteiger partial charge is 0.437 e. The summed E-state index contributed by atoms with van der Waals surface area (Å²) in [6.07, 6.45) is -5.70. The van der Waals surface area contributed by atoms with Crippen molar-refractivity contribution in [2.75, 3.05) is 10.3 Å². The summed E-state index contributed by atoms with van der Waals surface area (Å²) in [7, 11) is 0. The molecule has 0 unspecified atom stereocenters. The van der Waals surface area contributed by atoms with Gasteiger partial charge in [0.05, 0.1) is 17.0 Å². The lowest BCUT2D eigenvalue weighted by Gasteiger charge is -2.10. The zero-order valence-electron chi connectivity index (χ0n) is 14.4. The topological polar surface area (TPSA) is 83.4 Å². The van der Waals surface area contributed by atoms with Crippen LogP contribution in [0.1, 0.15) is 12.5 Å². The number of carbonyl (C=O) groups excluding carboxylic acids is 2. The Morgan fingerprint density at radius 1 is 1.14 bits per heavy atom. The standard InChI is InChI=1S/C18H13F3N4O3/c1-11-15(16(26)25(23-11)14-8-3-2-4-9-14)24-28-17(27)22-13-7-5-6-12(10-13)18(19,20)21/h2-10H,1H3,(H,22,27)/b24-15+. The molecule has 28 heavy (non-hydrogen) atoms. The second-order valence-corrected chi connectivity index (χ2v) is 5.66. The molecule has 0 spiro atoms. The Kier molecular flexibility index (Phi) is 5.12. The number of para-hydroxylation sites is 1. The van der Waals surface area contributed by atoms with Crippen LogP contribution in [0, 0.1) is 0 Å². The molecule has 7 nitrogen and oxygen atoms in total. The van der Waals surface area contributed by atoms with Crippen molar-refractivity contribution in [2.45, 2.75) is 13.1 Å². The molecule has 0 aromatic heterocycles. The van der Waals surface area contributed by atoms with Gasteiger partial charge in [0.2, 0.25) is 0 Å². The molecule has 0 saturated carbocycles. The normalized spacial score (nSPS) is 15.6. The summed E-state index contributed by atoms with van der Waals surface area (Å²) >= 11 is 0. The molecule has 144 valence electrons. The van der Waals surface area contributed by atoms with E-state index in [0.717, 1.165) is 23.2 Å². The van der Waals surface area contributed by atoms with Crippen LogP contribution in [0.4, 0.5) is 29.3 Å². The van der Waals surface area contributed by atoms with Gasteiger partial charge in [0.1, 0.15) is 0 Å². The molecular weight excluding hydrogens is 377 g/mol. The van der Waals surface area contributed by atoms with Crippen LogP contribution in [0.2, 0.25) is 0 Å². The summed E-state index contributed by atoms with van der Waals surface area (Å²) in [5, 5.41) is 10.8. The minimum Gasteiger partial charge on any atom is -0.297 e. The van der Waals surface area contributed by atoms with Crippen LogP contribution in [-0.4, -0.2) is 23.4 Å². The minimum atomic E-state index is -4.55. The number of halogens is 3. The zero-order valence-corrected chi connectivity index (χ0v) is 14.4. The fraction of sp³-hybridized carbons (Fsp3) is 0.111. The van der Waals surface area contributed by atoms with Crippen LogP contribution >= 0.6 is 0 Å². The molecule has 0 fully saturated rings. The number of amides is 2. The molecule has 0 radical (unpaired) electrons. The zero-order chi connectivity index (χ0) is 20.3. The van der Waals surface area contributed by atoms with Crippen molar-refractivity contribution in [1.29, 1.82) is 0 Å². The third kappa shape index (κ3) is 4.17. The van der Waals surface area contributed by atoms with E-state index in [1.807, 2.05) is 0 Å². The molecule has 3 rings (SSSR count). The lowest BCUT2D eigenvalue weighted by atomic mass is 10.2. The SMILES string of the molecule is CC1=NN(c2ccccc2)C(=O)/C1=N/OC(=O)Nc1cccc(C(F)(F)F)c1. The van der Waals surface area contributed by atoms with Crippen molar-refractivity contribution in [1.82, 2.24) is 0 Å². The Morgan fingerprint density at radius 2 is 1.86 bits per heavy atom. The highest BCUT2D eigenvalue weighted by Crippen LogP contribution is 2.30. The Balaban J connectivity index is 1.68. The van der Waals surface area contributed by atoms with Gasteiger partial charge in [-0.05, 0) is 37.3 Å². The van der Waals surface area contributed by atoms with Crippen molar-refractivity contribution < 1.29 is 27.6 Å². The van der Waals surface area contributed by atoms with Gasteiger partial charge >= 0.3 is 18.2 Å². The van der Waals surface area contributed by atoms with Crippen molar-refractivity contribution in [3.8, 4) is 0 Å². The van der Waals surface area contributed by atoms with Crippen LogP contribution in [-0.2, 0) is 15.8 Å². The van der Waals surface area contributed by atoms with E-state index in [9.17, 15) is 22.8 Å². The number of anilines is 2. The van der Waals surface area contributed by atoms with Crippen molar-refractivity contribution >= 4 is 34.8 Å². The summed E-state index contributed by atoms with van der Waals surface area (Å²) in [6.45, 7) is 1.51. The number of nitrogens with one attached hydrogen (secondary N) is 1. The van der Waals surface area contributed by atoms with E-state index in [0.29, 0.717) is 5.69 Å². The summed E-state index contributed by atoms with van der Waals surface area (Å²) in [6, 6.07) is 12.6. The van der Waals surface area contributed by atoms with Gasteiger partial charge in [-0.1, -0.05) is 29.4 Å². The predicted octanol–water partition coefficient (Wildman–Crippen LogP) is 4.03. The lowest BCUT2D eigenvalue weighted by molar-refractivity contribution is -0.137. The highest BCUT2D eigenvalue weighted by atomic mass is 19.4. The molecule has 2 amide bonds. The number of hydrogen-bond acceptors (Lipinski definition) is 5. The van der Waals surface area contributed by atoms with Gasteiger partial charge in [0.25, 0.3) is 0 Å². The minimum absolute atomic E-state index is 0.130. The molecule has 1 aliphatic heterocycles. The van der Waals surface area contributed by atoms with E-state index in [2.05, 4.69) is 20.4 Å². The predicted molar refractivity (Wildman–Crippen MR) is 96.0 cm³/mol. The first kappa shape index (κ1) is 19.1. The summed E-state index contributed by atoms with van der Waals surface area (Å²) in [5.41, 5.74) is -0.521. The fourth-order valence-electron chi connectivity index (χ4n) is 2.35. The maximum absolute atomic E-state index is 12.7. The third-order valence-corrected chi connectivity index (χ3v) is 3.64. The van der Waals surface area contributed by atoms with Gasteiger partial charge in [-0.3, -0.25) is 14.9 Å². The molecule has 1 N–H and O–H groups in total. The lowest BCUT2D eigenvalue weighted by Crippen LogP contribution is -2.28. The second-order valence-electron chi connectivity index (χ2n) is 5.66. The highest BCUT2D eigenvalue weighted by Gasteiger charge is 2.32. The quantitative estimate of drug-likeness (QED) is 0.634. The number of nitrogens with zero attached hydrogens (tertiary/aromatic N) is 3. The molecule has 2 aromatic carbocycles. The number of oxime groups is 1. The van der Waals surface area contributed by atoms with Crippen molar-refractivity contribution in [3.05, 3.63) is 60.2 Å². The van der Waals surface area contributed by atoms with Crippen LogP contribution in [0.25, 0.3) is 0 Å². The van der Waals surface area contributed by atoms with E-state index in [4.69, 9.17) is 0 Å². The van der Waals surface area contributed by atoms with Gasteiger partial charge in [-0.25, -0.2) is 4.79 Å². The molecule has 1 aliphatic rings. The molecule has 0 atom stereocenters. The van der Waals surface area contributed by atoms with Gasteiger partial charge in [0, 0.05) is 5.69 Å². The van der Waals surface area contributed by atoms with Crippen LogP contribution < -0.4 is 10.3 Å². The monoisotopic (exact) mass is 390 g/mol. The Bertz CT molecular complexity index is 972. The first-order valence-corrected chi connectivity index (χ1v) is 7.94. The first-order valence-electron chi connectivity index (χ1n) is 7.94. The number of hydrazone groups is 1. The average molecular weight is 390 g/mol. The van der Waals surface area contributed by atoms with Crippen molar-refractivity contribution in [2.24, 2.45) is 10.3 Å². The molecule has 0 saturated heterocycles. The van der Waals surface area contributed by atoms with E-state index in [-0.39, 0.29) is 17.1 Å². The number of rotatable bonds is 3. The van der Waals surface area contributed by atoms with Gasteiger partial charge < -0.3 is 0 Å². The summed E-state index contributed by atoms with van der Waals surface area (Å²) in [4.78, 5) is 28.8. The average Bonchev–Trinajstić information content (AvgIpc) is 2.94. The third-order valence-electron chi connectivity index (χ3n) is 3.64. The number of hydrogen-bond donors (Lipinski definition) is 1. The number of alkyl halides is 3. The second kappa shape index (κ2) is 7.51. The molecular formula is C18H13F3N4O3. The van der Waals surface area contributed by atoms with Crippen LogP contribution in [0.5, 0.6) is 0 Å². The van der Waals surface area contributed by atoms with E-state index in [1.165, 1.54) is 13.0 Å². The molecule has 2 aromatic rings. The maximum atomic E-state index is 12.7. The van der Waals surface area contributed by atoms with Gasteiger partial charge in [-0.15, -0.1) is 0 Å². The van der Waals surface area contributed by atoms with Crippen LogP contribution in [0.3, 0.4) is 0 Å². The smallest absolute Gasteiger partial charge is 0.297 e.